The number of rotatable bonds is 5. The first-order valence-corrected chi connectivity index (χ1v) is 7.06. The van der Waals surface area contributed by atoms with Crippen LogP contribution < -0.4 is 10.6 Å². The number of nitrogens with two attached hydrogens (primary N) is 1. The monoisotopic (exact) mass is 248 g/mol. The van der Waals surface area contributed by atoms with Gasteiger partial charge in [0.05, 0.1) is 5.69 Å². The fourth-order valence-electron chi connectivity index (χ4n) is 2.83. The minimum absolute atomic E-state index is 0.495. The Morgan fingerprint density at radius 2 is 2.00 bits per heavy atom. The van der Waals surface area contributed by atoms with Gasteiger partial charge in [0.2, 0.25) is 0 Å². The molecule has 0 bridgehead atoms. The maximum absolute atomic E-state index is 10.5. The number of anilines is 1. The minimum atomic E-state index is 0.495. The third-order valence-electron chi connectivity index (χ3n) is 3.71. The molecule has 18 heavy (non-hydrogen) atoms. The van der Waals surface area contributed by atoms with Crippen molar-refractivity contribution in [2.45, 2.75) is 39.0 Å². The van der Waals surface area contributed by atoms with Gasteiger partial charge in [0.25, 0.3) is 0 Å². The Hall–Kier alpha value is -1.22. The summed E-state index contributed by atoms with van der Waals surface area (Å²) in [6.45, 7) is 4.53. The number of hydrogen-bond donors (Lipinski definition) is 2. The molecule has 1 aromatic rings. The van der Waals surface area contributed by atoms with Crippen LogP contribution in [-0.4, -0.2) is 24.7 Å². The molecule has 3 heteroatoms. The van der Waals surface area contributed by atoms with Gasteiger partial charge in [0, 0.05) is 19.6 Å². The molecule has 2 rings (SSSR count). The highest BCUT2D eigenvalue weighted by Gasteiger charge is 2.18. The number of phenols is 1. The molecule has 0 unspecified atom stereocenters. The first-order chi connectivity index (χ1) is 8.77. The summed E-state index contributed by atoms with van der Waals surface area (Å²) in [4.78, 5) is 2.20. The molecule has 0 fully saturated rings. The molecule has 0 atom stereocenters. The maximum Gasteiger partial charge on any atom is 0.142 e. The molecule has 0 saturated carbocycles. The number of aryl methyl sites for hydroxylation is 1. The predicted molar refractivity (Wildman–Crippen MR) is 76.3 cm³/mol. The summed E-state index contributed by atoms with van der Waals surface area (Å²) in [5, 5.41) is 10.5. The van der Waals surface area contributed by atoms with Crippen molar-refractivity contribution >= 4 is 5.69 Å². The second-order valence-electron chi connectivity index (χ2n) is 5.05. The van der Waals surface area contributed by atoms with Crippen molar-refractivity contribution < 1.29 is 5.11 Å². The largest absolute Gasteiger partial charge is 0.505 e. The summed E-state index contributed by atoms with van der Waals surface area (Å²) >= 11 is 0. The molecule has 0 aromatic heterocycles. The Balaban J connectivity index is 2.31. The lowest BCUT2D eigenvalue weighted by atomic mass is 9.90. The van der Waals surface area contributed by atoms with Gasteiger partial charge < -0.3 is 15.7 Å². The predicted octanol–water partition coefficient (Wildman–Crippen LogP) is 2.45. The van der Waals surface area contributed by atoms with Crippen LogP contribution >= 0.6 is 0 Å². The SMILES string of the molecule is CCCN(CCN)c1ccc2c(c1O)CCCC2. The standard InChI is InChI=1S/C15H24N2O/c1-2-10-17(11-9-16)14-8-7-12-5-3-4-6-13(12)15(14)18/h7-8,18H,2-6,9-11,16H2,1H3. The zero-order chi connectivity index (χ0) is 13.0. The zero-order valence-corrected chi connectivity index (χ0v) is 11.3. The van der Waals surface area contributed by atoms with E-state index in [2.05, 4.69) is 24.0 Å². The van der Waals surface area contributed by atoms with Crippen LogP contribution in [0.4, 0.5) is 5.69 Å². The maximum atomic E-state index is 10.5. The van der Waals surface area contributed by atoms with E-state index in [4.69, 9.17) is 5.73 Å². The van der Waals surface area contributed by atoms with E-state index in [1.54, 1.807) is 0 Å². The van der Waals surface area contributed by atoms with Crippen molar-refractivity contribution in [3.05, 3.63) is 23.3 Å². The smallest absolute Gasteiger partial charge is 0.142 e. The molecule has 100 valence electrons. The van der Waals surface area contributed by atoms with E-state index < -0.39 is 0 Å². The van der Waals surface area contributed by atoms with Gasteiger partial charge in [-0.1, -0.05) is 13.0 Å². The fourth-order valence-corrected chi connectivity index (χ4v) is 2.83. The molecule has 0 spiro atoms. The number of aromatic hydroxyl groups is 1. The van der Waals surface area contributed by atoms with Gasteiger partial charge >= 0.3 is 0 Å². The average Bonchev–Trinajstić information content (AvgIpc) is 2.39. The van der Waals surface area contributed by atoms with Crippen LogP contribution in [0.15, 0.2) is 12.1 Å². The number of phenolic OH excluding ortho intramolecular Hbond substituents is 1. The number of nitrogens with zero attached hydrogens (tertiary/aromatic N) is 1. The number of fused-ring (bicyclic) bond motifs is 1. The van der Waals surface area contributed by atoms with Gasteiger partial charge in [0.1, 0.15) is 5.75 Å². The Kier molecular flexibility index (Phi) is 4.48. The van der Waals surface area contributed by atoms with Gasteiger partial charge in [0.15, 0.2) is 0 Å². The first kappa shape index (κ1) is 13.2. The minimum Gasteiger partial charge on any atom is -0.505 e. The van der Waals surface area contributed by atoms with Crippen LogP contribution in [0.2, 0.25) is 0 Å². The first-order valence-electron chi connectivity index (χ1n) is 7.06. The summed E-state index contributed by atoms with van der Waals surface area (Å²) < 4.78 is 0. The van der Waals surface area contributed by atoms with Crippen molar-refractivity contribution in [1.29, 1.82) is 0 Å². The van der Waals surface area contributed by atoms with Crippen molar-refractivity contribution in [1.82, 2.24) is 0 Å². The van der Waals surface area contributed by atoms with E-state index in [0.717, 1.165) is 43.6 Å². The highest BCUT2D eigenvalue weighted by molar-refractivity contribution is 5.63. The van der Waals surface area contributed by atoms with Crippen molar-refractivity contribution in [2.24, 2.45) is 5.73 Å². The molecule has 3 N–H and O–H groups in total. The van der Waals surface area contributed by atoms with Gasteiger partial charge in [-0.2, -0.15) is 0 Å². The molecule has 1 aromatic carbocycles. The summed E-state index contributed by atoms with van der Waals surface area (Å²) in [7, 11) is 0. The van der Waals surface area contributed by atoms with Gasteiger partial charge in [-0.05, 0) is 49.3 Å². The molecule has 1 aliphatic rings. The molecule has 0 saturated heterocycles. The van der Waals surface area contributed by atoms with E-state index in [1.165, 1.54) is 18.4 Å². The van der Waals surface area contributed by atoms with Crippen LogP contribution in [0.1, 0.15) is 37.3 Å². The second kappa shape index (κ2) is 6.10. The topological polar surface area (TPSA) is 49.5 Å². The molecular weight excluding hydrogens is 224 g/mol. The van der Waals surface area contributed by atoms with E-state index in [9.17, 15) is 5.11 Å². The van der Waals surface area contributed by atoms with Gasteiger partial charge in [-0.15, -0.1) is 0 Å². The van der Waals surface area contributed by atoms with Crippen LogP contribution in [0, 0.1) is 0 Å². The van der Waals surface area contributed by atoms with Crippen molar-refractivity contribution in [3.8, 4) is 5.75 Å². The fraction of sp³-hybridized carbons (Fsp3) is 0.600. The lowest BCUT2D eigenvalue weighted by Gasteiger charge is -2.27. The van der Waals surface area contributed by atoms with Crippen LogP contribution in [0.3, 0.4) is 0 Å². The quantitative estimate of drug-likeness (QED) is 0.841. The Labute approximate surface area is 110 Å². The molecule has 0 amide bonds. The Morgan fingerprint density at radius 3 is 2.72 bits per heavy atom. The van der Waals surface area contributed by atoms with Gasteiger partial charge in [-0.3, -0.25) is 0 Å². The molecule has 0 heterocycles. The molecule has 1 aliphatic carbocycles. The summed E-state index contributed by atoms with van der Waals surface area (Å²) in [5.74, 6) is 0.495. The highest BCUT2D eigenvalue weighted by atomic mass is 16.3. The Morgan fingerprint density at radius 1 is 1.22 bits per heavy atom. The summed E-state index contributed by atoms with van der Waals surface area (Å²) in [5.41, 5.74) is 9.11. The van der Waals surface area contributed by atoms with Gasteiger partial charge in [-0.25, -0.2) is 0 Å². The third kappa shape index (κ3) is 2.61. The molecular formula is C15H24N2O. The van der Waals surface area contributed by atoms with E-state index in [0.29, 0.717) is 12.3 Å². The van der Waals surface area contributed by atoms with E-state index in [1.807, 2.05) is 0 Å². The zero-order valence-electron chi connectivity index (χ0n) is 11.3. The molecule has 0 aliphatic heterocycles. The molecule has 0 radical (unpaired) electrons. The van der Waals surface area contributed by atoms with E-state index in [-0.39, 0.29) is 0 Å². The average molecular weight is 248 g/mol. The summed E-state index contributed by atoms with van der Waals surface area (Å²) in [6.07, 6.45) is 5.61. The molecule has 3 nitrogen and oxygen atoms in total. The summed E-state index contributed by atoms with van der Waals surface area (Å²) in [6, 6.07) is 4.24. The number of benzene rings is 1. The van der Waals surface area contributed by atoms with Crippen LogP contribution in [0.25, 0.3) is 0 Å². The van der Waals surface area contributed by atoms with Crippen LogP contribution in [0.5, 0.6) is 5.75 Å². The lowest BCUT2D eigenvalue weighted by molar-refractivity contribution is 0.460. The second-order valence-corrected chi connectivity index (χ2v) is 5.05. The number of hydrogen-bond acceptors (Lipinski definition) is 3. The normalized spacial score (nSPS) is 14.3. The van der Waals surface area contributed by atoms with E-state index >= 15 is 0 Å². The van der Waals surface area contributed by atoms with Crippen molar-refractivity contribution in [2.75, 3.05) is 24.5 Å². The van der Waals surface area contributed by atoms with Crippen LogP contribution in [-0.2, 0) is 12.8 Å². The highest BCUT2D eigenvalue weighted by Crippen LogP contribution is 2.37. The lowest BCUT2D eigenvalue weighted by Crippen LogP contribution is -2.30. The third-order valence-corrected chi connectivity index (χ3v) is 3.71. The van der Waals surface area contributed by atoms with Crippen molar-refractivity contribution in [3.63, 3.8) is 0 Å². The Bertz CT molecular complexity index is 398.